The van der Waals surface area contributed by atoms with Gasteiger partial charge in [0.05, 0.1) is 6.20 Å². The lowest BCUT2D eigenvalue weighted by Crippen LogP contribution is -2.52. The van der Waals surface area contributed by atoms with Crippen LogP contribution in [0.5, 0.6) is 0 Å². The summed E-state index contributed by atoms with van der Waals surface area (Å²) in [6.45, 7) is 0.0617. The van der Waals surface area contributed by atoms with E-state index in [0.717, 1.165) is 6.20 Å². The van der Waals surface area contributed by atoms with E-state index in [2.05, 4.69) is 15.6 Å². The summed E-state index contributed by atoms with van der Waals surface area (Å²) in [6, 6.07) is 2.67. The Kier molecular flexibility index (Phi) is 5.57. The fraction of sp³-hybridized carbons (Fsp3) is 0.375. The van der Waals surface area contributed by atoms with Crippen LogP contribution in [-0.4, -0.2) is 45.2 Å². The number of benzene rings is 1. The van der Waals surface area contributed by atoms with Crippen LogP contribution in [0, 0.1) is 11.6 Å². The summed E-state index contributed by atoms with van der Waals surface area (Å²) in [4.78, 5) is 54.6. The van der Waals surface area contributed by atoms with Crippen molar-refractivity contribution in [3.63, 3.8) is 0 Å². The lowest BCUT2D eigenvalue weighted by atomic mass is 9.75. The second-order valence-corrected chi connectivity index (χ2v) is 9.09. The Balaban J connectivity index is 1.38. The molecule has 3 heterocycles. The summed E-state index contributed by atoms with van der Waals surface area (Å²) in [5, 5.41) is 4.72. The summed E-state index contributed by atoms with van der Waals surface area (Å²) < 4.78 is 43.1. The highest BCUT2D eigenvalue weighted by Gasteiger charge is 2.48. The molecular formula is C24H21F3N4O4. The molecule has 4 amide bonds. The average Bonchev–Trinajstić information content (AvgIpc) is 3.12. The van der Waals surface area contributed by atoms with Gasteiger partial charge in [-0.05, 0) is 49.4 Å². The number of fused-ring (bicyclic) bond motifs is 1. The monoisotopic (exact) mass is 486 g/mol. The van der Waals surface area contributed by atoms with Gasteiger partial charge in [0.15, 0.2) is 0 Å². The summed E-state index contributed by atoms with van der Waals surface area (Å²) in [7, 11) is 0. The molecule has 2 atom stereocenters. The fourth-order valence-electron chi connectivity index (χ4n) is 4.81. The highest BCUT2D eigenvalue weighted by Crippen LogP contribution is 2.45. The Morgan fingerprint density at radius 3 is 2.63 bits per heavy atom. The van der Waals surface area contributed by atoms with Crippen molar-refractivity contribution >= 4 is 23.6 Å². The zero-order chi connectivity index (χ0) is 24.9. The first-order valence-corrected chi connectivity index (χ1v) is 11.2. The lowest BCUT2D eigenvalue weighted by Gasteiger charge is -2.40. The van der Waals surface area contributed by atoms with Gasteiger partial charge in [-0.25, -0.2) is 13.2 Å². The molecular weight excluding hydrogens is 465 g/mol. The fourth-order valence-corrected chi connectivity index (χ4v) is 4.81. The first kappa shape index (κ1) is 23.0. The van der Waals surface area contributed by atoms with Gasteiger partial charge >= 0.3 is 0 Å². The van der Waals surface area contributed by atoms with Crippen molar-refractivity contribution < 1.29 is 32.3 Å². The summed E-state index contributed by atoms with van der Waals surface area (Å²) >= 11 is 0. The molecule has 5 rings (SSSR count). The van der Waals surface area contributed by atoms with Gasteiger partial charge in [0.25, 0.3) is 11.8 Å². The molecule has 1 aromatic heterocycles. The molecule has 11 heteroatoms. The quantitative estimate of drug-likeness (QED) is 0.632. The molecule has 0 bridgehead atoms. The maximum Gasteiger partial charge on any atom is 0.255 e. The normalized spacial score (nSPS) is 21.7. The first-order valence-electron chi connectivity index (χ1n) is 11.2. The second-order valence-electron chi connectivity index (χ2n) is 9.09. The van der Waals surface area contributed by atoms with Crippen molar-refractivity contribution in [1.82, 2.24) is 20.5 Å². The third-order valence-electron chi connectivity index (χ3n) is 6.87. The number of halogens is 3. The van der Waals surface area contributed by atoms with Crippen LogP contribution in [-0.2, 0) is 16.1 Å². The van der Waals surface area contributed by atoms with Gasteiger partial charge < -0.3 is 10.2 Å². The van der Waals surface area contributed by atoms with E-state index in [9.17, 15) is 28.0 Å². The molecule has 1 saturated carbocycles. The molecule has 2 aliphatic heterocycles. The summed E-state index contributed by atoms with van der Waals surface area (Å²) in [6.07, 6.45) is 1.83. The molecule has 0 spiro atoms. The van der Waals surface area contributed by atoms with E-state index in [4.69, 9.17) is 0 Å². The molecule has 1 unspecified atom stereocenters. The van der Waals surface area contributed by atoms with Crippen molar-refractivity contribution in [2.24, 2.45) is 0 Å². The predicted molar refractivity (Wildman–Crippen MR) is 115 cm³/mol. The standard InChI is InChI=1S/C24H21F3N4O4/c25-14-9-16(26)19(28-10-14)20(24(27)6-1-7-24)30-21(33)12-2-3-15-13(8-12)11-31(23(15)35)17-4-5-18(32)29-22(17)34/h2-3,8-10,17,20H,1,4-7,11H2,(H,30,33)(H,29,32,34)/t17?,20-/m1/s1. The van der Waals surface area contributed by atoms with Crippen LogP contribution in [0.3, 0.4) is 0 Å². The Labute approximate surface area is 197 Å². The number of piperidine rings is 1. The number of nitrogens with one attached hydrogen (secondary N) is 2. The van der Waals surface area contributed by atoms with Crippen LogP contribution in [0.1, 0.15) is 70.1 Å². The third-order valence-corrected chi connectivity index (χ3v) is 6.87. The van der Waals surface area contributed by atoms with Crippen LogP contribution in [0.4, 0.5) is 13.2 Å². The minimum absolute atomic E-state index is 0.0617. The van der Waals surface area contributed by atoms with Gasteiger partial charge in [0.1, 0.15) is 35.1 Å². The molecule has 2 N–H and O–H groups in total. The number of carbonyl (C=O) groups is 4. The average molecular weight is 486 g/mol. The number of imide groups is 1. The van der Waals surface area contributed by atoms with Crippen LogP contribution < -0.4 is 10.6 Å². The number of aromatic nitrogens is 1. The van der Waals surface area contributed by atoms with Crippen LogP contribution >= 0.6 is 0 Å². The number of carbonyl (C=O) groups excluding carboxylic acids is 4. The molecule has 8 nitrogen and oxygen atoms in total. The maximum absolute atomic E-state index is 15.4. The van der Waals surface area contributed by atoms with Crippen molar-refractivity contribution in [2.45, 2.75) is 56.4 Å². The van der Waals surface area contributed by atoms with Gasteiger partial charge in [-0.2, -0.15) is 0 Å². The number of pyridine rings is 1. The van der Waals surface area contributed by atoms with Crippen LogP contribution in [0.2, 0.25) is 0 Å². The highest BCUT2D eigenvalue weighted by molar-refractivity contribution is 6.06. The lowest BCUT2D eigenvalue weighted by molar-refractivity contribution is -0.136. The van der Waals surface area contributed by atoms with Gasteiger partial charge in [0, 0.05) is 30.2 Å². The largest absolute Gasteiger partial charge is 0.340 e. The van der Waals surface area contributed by atoms with Crippen molar-refractivity contribution in [2.75, 3.05) is 0 Å². The molecule has 0 radical (unpaired) electrons. The third kappa shape index (κ3) is 4.04. The minimum atomic E-state index is -1.92. The number of nitrogens with zero attached hydrogens (tertiary/aromatic N) is 2. The van der Waals surface area contributed by atoms with Crippen LogP contribution in [0.25, 0.3) is 0 Å². The molecule has 1 saturated heterocycles. The van der Waals surface area contributed by atoms with E-state index in [1.165, 1.54) is 23.1 Å². The molecule has 1 aliphatic carbocycles. The van der Waals surface area contributed by atoms with Gasteiger partial charge in [-0.1, -0.05) is 0 Å². The molecule has 1 aromatic carbocycles. The van der Waals surface area contributed by atoms with Crippen molar-refractivity contribution in [1.29, 1.82) is 0 Å². The van der Waals surface area contributed by atoms with E-state index in [0.29, 0.717) is 23.6 Å². The summed E-state index contributed by atoms with van der Waals surface area (Å²) in [5.41, 5.74) is -1.39. The van der Waals surface area contributed by atoms with E-state index in [1.54, 1.807) is 0 Å². The van der Waals surface area contributed by atoms with E-state index in [1.807, 2.05) is 0 Å². The zero-order valence-electron chi connectivity index (χ0n) is 18.4. The van der Waals surface area contributed by atoms with E-state index >= 15 is 4.39 Å². The van der Waals surface area contributed by atoms with Crippen molar-refractivity contribution in [3.8, 4) is 0 Å². The number of hydrogen-bond donors (Lipinski definition) is 2. The summed E-state index contributed by atoms with van der Waals surface area (Å²) in [5.74, 6) is -4.02. The topological polar surface area (TPSA) is 108 Å². The Morgan fingerprint density at radius 2 is 1.97 bits per heavy atom. The van der Waals surface area contributed by atoms with Gasteiger partial charge in [-0.15, -0.1) is 0 Å². The van der Waals surface area contributed by atoms with Gasteiger partial charge in [-0.3, -0.25) is 29.5 Å². The Bertz CT molecular complexity index is 1260. The molecule has 3 aliphatic rings. The Morgan fingerprint density at radius 1 is 1.20 bits per heavy atom. The predicted octanol–water partition coefficient (Wildman–Crippen LogP) is 2.48. The molecule has 2 aromatic rings. The smallest absolute Gasteiger partial charge is 0.255 e. The SMILES string of the molecule is O=C1CCC(N2Cc3cc(C(=O)N[C@H](c4ncc(F)cc4F)C4(F)CCC4)ccc3C2=O)C(=O)N1. The Hall–Kier alpha value is -3.76. The number of alkyl halides is 1. The number of hydrogen-bond acceptors (Lipinski definition) is 5. The van der Waals surface area contributed by atoms with E-state index < -0.39 is 53.0 Å². The highest BCUT2D eigenvalue weighted by atomic mass is 19.1. The number of amides is 4. The van der Waals surface area contributed by atoms with Crippen molar-refractivity contribution in [3.05, 3.63) is 64.5 Å². The second kappa shape index (κ2) is 8.47. The van der Waals surface area contributed by atoms with E-state index in [-0.39, 0.29) is 43.5 Å². The van der Waals surface area contributed by atoms with Gasteiger partial charge in [0.2, 0.25) is 11.8 Å². The number of rotatable bonds is 5. The molecule has 35 heavy (non-hydrogen) atoms. The zero-order valence-corrected chi connectivity index (χ0v) is 18.4. The first-order chi connectivity index (χ1) is 16.7. The molecule has 2 fully saturated rings. The molecule has 182 valence electrons. The minimum Gasteiger partial charge on any atom is -0.340 e. The maximum atomic E-state index is 15.4. The van der Waals surface area contributed by atoms with Crippen LogP contribution in [0.15, 0.2) is 30.5 Å².